The number of amides is 2. The molecule has 0 spiro atoms. The summed E-state index contributed by atoms with van der Waals surface area (Å²) in [5, 5.41) is 0. The van der Waals surface area contributed by atoms with Gasteiger partial charge in [-0.3, -0.25) is 14.5 Å². The van der Waals surface area contributed by atoms with Crippen LogP contribution in [0, 0.1) is 13.8 Å². The van der Waals surface area contributed by atoms with E-state index in [2.05, 4.69) is 67.3 Å². The van der Waals surface area contributed by atoms with E-state index in [4.69, 9.17) is 0 Å². The Morgan fingerprint density at radius 3 is 2.29 bits per heavy atom. The maximum Gasteiger partial charge on any atom is 0.265 e. The molecule has 2 heterocycles. The van der Waals surface area contributed by atoms with Crippen LogP contribution in [0.15, 0.2) is 107 Å². The highest BCUT2D eigenvalue weighted by atomic mass is 32.2. The number of anilines is 1. The van der Waals surface area contributed by atoms with Crippen molar-refractivity contribution in [1.29, 1.82) is 0 Å². The van der Waals surface area contributed by atoms with E-state index in [1.54, 1.807) is 0 Å². The quantitative estimate of drug-likeness (QED) is 0.234. The minimum atomic E-state index is -0.00636. The summed E-state index contributed by atoms with van der Waals surface area (Å²) in [4.78, 5) is 35.0. The summed E-state index contributed by atoms with van der Waals surface area (Å²) in [6.07, 6.45) is 1.94. The second kappa shape index (κ2) is 12.4. The number of para-hydroxylation sites is 1. The SMILES string of the molecule is Cc1ccc(C)c(CN2C(=O)C(=Cc3ccc(C(=O)N4CCN(Cc5ccccc5)CC4)cc3)Sc3ccccc32)c1. The number of hydrogen-bond donors (Lipinski definition) is 0. The number of carbonyl (C=O) groups is 2. The van der Waals surface area contributed by atoms with Crippen molar-refractivity contribution in [3.63, 3.8) is 0 Å². The summed E-state index contributed by atoms with van der Waals surface area (Å²) >= 11 is 1.51. The van der Waals surface area contributed by atoms with E-state index >= 15 is 0 Å². The van der Waals surface area contributed by atoms with Crippen LogP contribution < -0.4 is 4.90 Å². The van der Waals surface area contributed by atoms with Gasteiger partial charge in [-0.25, -0.2) is 0 Å². The Morgan fingerprint density at radius 2 is 1.52 bits per heavy atom. The lowest BCUT2D eigenvalue weighted by molar-refractivity contribution is -0.114. The van der Waals surface area contributed by atoms with Gasteiger partial charge in [-0.1, -0.05) is 90.1 Å². The van der Waals surface area contributed by atoms with Gasteiger partial charge in [0.05, 0.1) is 17.1 Å². The summed E-state index contributed by atoms with van der Waals surface area (Å²) in [5.74, 6) is 0.0541. The Bertz CT molecular complexity index is 1620. The van der Waals surface area contributed by atoms with Crippen molar-refractivity contribution in [3.8, 4) is 0 Å². The summed E-state index contributed by atoms with van der Waals surface area (Å²) < 4.78 is 0. The van der Waals surface area contributed by atoms with Gasteiger partial charge >= 0.3 is 0 Å². The predicted molar refractivity (Wildman–Crippen MR) is 171 cm³/mol. The van der Waals surface area contributed by atoms with Gasteiger partial charge in [0, 0.05) is 43.2 Å². The van der Waals surface area contributed by atoms with Crippen molar-refractivity contribution >= 4 is 35.3 Å². The smallest absolute Gasteiger partial charge is 0.265 e. The monoisotopic (exact) mass is 573 g/mol. The molecule has 1 fully saturated rings. The Kier molecular flexibility index (Phi) is 8.27. The molecule has 0 aromatic heterocycles. The lowest BCUT2D eigenvalue weighted by Crippen LogP contribution is -2.48. The number of fused-ring (bicyclic) bond motifs is 1. The highest BCUT2D eigenvalue weighted by Crippen LogP contribution is 2.42. The molecule has 2 aliphatic heterocycles. The third-order valence-electron chi connectivity index (χ3n) is 8.03. The van der Waals surface area contributed by atoms with Gasteiger partial charge in [0.2, 0.25) is 0 Å². The minimum absolute atomic E-state index is 0.00636. The molecule has 0 unspecified atom stereocenters. The fourth-order valence-electron chi connectivity index (χ4n) is 5.57. The zero-order valence-corrected chi connectivity index (χ0v) is 24.9. The van der Waals surface area contributed by atoms with Crippen LogP contribution in [-0.4, -0.2) is 47.8 Å². The summed E-state index contributed by atoms with van der Waals surface area (Å²) in [6.45, 7) is 8.78. The Morgan fingerprint density at radius 1 is 0.810 bits per heavy atom. The second-order valence-corrected chi connectivity index (χ2v) is 12.2. The standard InChI is InChI=1S/C36H35N3O2S/c1-26-12-13-27(2)31(22-26)25-39-32-10-6-7-11-33(32)42-34(36(39)41)23-28-14-16-30(17-15-28)35(40)38-20-18-37(19-21-38)24-29-8-4-3-5-9-29/h3-17,22-23H,18-21,24-25H2,1-2H3. The molecule has 0 atom stereocenters. The van der Waals surface area contributed by atoms with Crippen LogP contribution in [0.3, 0.4) is 0 Å². The molecule has 42 heavy (non-hydrogen) atoms. The molecule has 0 N–H and O–H groups in total. The molecule has 2 amide bonds. The average Bonchev–Trinajstić information content (AvgIpc) is 3.02. The van der Waals surface area contributed by atoms with E-state index in [-0.39, 0.29) is 11.8 Å². The van der Waals surface area contributed by atoms with Crippen molar-refractivity contribution in [2.45, 2.75) is 31.8 Å². The van der Waals surface area contributed by atoms with Crippen LogP contribution in [0.4, 0.5) is 5.69 Å². The lowest BCUT2D eigenvalue weighted by Gasteiger charge is -2.34. The van der Waals surface area contributed by atoms with Crippen molar-refractivity contribution < 1.29 is 9.59 Å². The van der Waals surface area contributed by atoms with Crippen LogP contribution in [0.5, 0.6) is 0 Å². The number of hydrogen-bond acceptors (Lipinski definition) is 4. The third-order valence-corrected chi connectivity index (χ3v) is 9.11. The summed E-state index contributed by atoms with van der Waals surface area (Å²) in [7, 11) is 0. The van der Waals surface area contributed by atoms with Gasteiger partial charge < -0.3 is 9.80 Å². The molecule has 212 valence electrons. The molecule has 5 nitrogen and oxygen atoms in total. The lowest BCUT2D eigenvalue weighted by atomic mass is 10.0. The first kappa shape index (κ1) is 28.0. The molecule has 4 aromatic carbocycles. The number of thioether (sulfide) groups is 1. The summed E-state index contributed by atoms with van der Waals surface area (Å²) in [6, 6.07) is 32.6. The molecule has 2 aliphatic rings. The topological polar surface area (TPSA) is 43.9 Å². The predicted octanol–water partition coefficient (Wildman–Crippen LogP) is 6.94. The summed E-state index contributed by atoms with van der Waals surface area (Å²) in [5.41, 5.74) is 7.33. The van der Waals surface area contributed by atoms with Crippen molar-refractivity contribution in [2.75, 3.05) is 31.1 Å². The Labute approximate surface area is 252 Å². The normalized spacial score (nSPS) is 16.5. The maximum atomic E-state index is 13.8. The highest BCUT2D eigenvalue weighted by Gasteiger charge is 2.29. The first-order valence-corrected chi connectivity index (χ1v) is 15.3. The number of piperazine rings is 1. The molecule has 6 heteroatoms. The largest absolute Gasteiger partial charge is 0.336 e. The van der Waals surface area contributed by atoms with Crippen LogP contribution in [-0.2, 0) is 17.9 Å². The van der Waals surface area contributed by atoms with E-state index < -0.39 is 0 Å². The maximum absolute atomic E-state index is 13.8. The fraction of sp³-hybridized carbons (Fsp3) is 0.222. The Balaban J connectivity index is 1.15. The third kappa shape index (κ3) is 6.20. The molecule has 0 radical (unpaired) electrons. The van der Waals surface area contributed by atoms with Crippen molar-refractivity contribution in [3.05, 3.63) is 135 Å². The molecule has 0 saturated carbocycles. The molecule has 0 bridgehead atoms. The fourth-order valence-corrected chi connectivity index (χ4v) is 6.63. The highest BCUT2D eigenvalue weighted by molar-refractivity contribution is 8.04. The van der Waals surface area contributed by atoms with Gasteiger partial charge in [-0.15, -0.1) is 0 Å². The second-order valence-electron chi connectivity index (χ2n) is 11.1. The first-order valence-electron chi connectivity index (χ1n) is 14.5. The zero-order chi connectivity index (χ0) is 29.1. The molecule has 0 aliphatic carbocycles. The van der Waals surface area contributed by atoms with Gasteiger partial charge in [0.15, 0.2) is 0 Å². The number of nitrogens with zero attached hydrogens (tertiary/aromatic N) is 3. The average molecular weight is 574 g/mol. The van der Waals surface area contributed by atoms with Crippen LogP contribution >= 0.6 is 11.8 Å². The molecular formula is C36H35N3O2S. The van der Waals surface area contributed by atoms with E-state index in [0.29, 0.717) is 17.0 Å². The van der Waals surface area contributed by atoms with Gasteiger partial charge in [0.1, 0.15) is 0 Å². The van der Waals surface area contributed by atoms with Gasteiger partial charge in [-0.2, -0.15) is 0 Å². The van der Waals surface area contributed by atoms with Crippen LogP contribution in [0.2, 0.25) is 0 Å². The zero-order valence-electron chi connectivity index (χ0n) is 24.1. The van der Waals surface area contributed by atoms with Gasteiger partial charge in [0.25, 0.3) is 11.8 Å². The van der Waals surface area contributed by atoms with E-state index in [1.807, 2.05) is 64.4 Å². The van der Waals surface area contributed by atoms with Crippen molar-refractivity contribution in [1.82, 2.24) is 9.80 Å². The molecule has 1 saturated heterocycles. The molecule has 4 aromatic rings. The van der Waals surface area contributed by atoms with Crippen LogP contribution in [0.1, 0.15) is 38.2 Å². The number of carbonyl (C=O) groups excluding carboxylic acids is 2. The van der Waals surface area contributed by atoms with Crippen LogP contribution in [0.25, 0.3) is 6.08 Å². The van der Waals surface area contributed by atoms with Gasteiger partial charge in [-0.05, 0) is 66.4 Å². The number of aryl methyl sites for hydroxylation is 2. The first-order chi connectivity index (χ1) is 20.4. The molecular weight excluding hydrogens is 538 g/mol. The van der Waals surface area contributed by atoms with E-state index in [0.717, 1.165) is 54.4 Å². The van der Waals surface area contributed by atoms with E-state index in [1.165, 1.54) is 28.5 Å². The minimum Gasteiger partial charge on any atom is -0.336 e. The Hall–Kier alpha value is -4.13. The van der Waals surface area contributed by atoms with Crippen molar-refractivity contribution in [2.24, 2.45) is 0 Å². The van der Waals surface area contributed by atoms with E-state index in [9.17, 15) is 9.59 Å². The molecule has 6 rings (SSSR count). The number of rotatable bonds is 6. The number of benzene rings is 4.